The van der Waals surface area contributed by atoms with E-state index in [0.29, 0.717) is 6.61 Å². The predicted octanol–water partition coefficient (Wildman–Crippen LogP) is 2.74. The molecule has 1 atom stereocenters. The third-order valence-electron chi connectivity index (χ3n) is 2.19. The molecule has 15 heavy (non-hydrogen) atoms. The van der Waals surface area contributed by atoms with Crippen molar-refractivity contribution in [3.8, 4) is 5.75 Å². The van der Waals surface area contributed by atoms with Gasteiger partial charge in [-0.15, -0.1) is 0 Å². The quantitative estimate of drug-likeness (QED) is 0.751. The lowest BCUT2D eigenvalue weighted by atomic mass is 10.0. The highest BCUT2D eigenvalue weighted by atomic mass is 16.5. The molecule has 1 aromatic carbocycles. The Bertz CT molecular complexity index is 331. The Morgan fingerprint density at radius 3 is 2.87 bits per heavy atom. The van der Waals surface area contributed by atoms with Gasteiger partial charge in [0, 0.05) is 12.5 Å². The Balaban J connectivity index is 2.69. The fourth-order valence-corrected chi connectivity index (χ4v) is 1.22. The Labute approximate surface area is 91.2 Å². The van der Waals surface area contributed by atoms with Gasteiger partial charge in [0.1, 0.15) is 12.4 Å². The molecule has 0 spiro atoms. The molecule has 0 aliphatic heterocycles. The maximum atomic E-state index is 9.04. The van der Waals surface area contributed by atoms with E-state index in [1.807, 2.05) is 38.1 Å². The molecule has 0 aliphatic rings. The molecule has 2 heteroatoms. The van der Waals surface area contributed by atoms with Gasteiger partial charge >= 0.3 is 0 Å². The smallest absolute Gasteiger partial charge is 0.120 e. The molecule has 1 rings (SSSR count). The van der Waals surface area contributed by atoms with Gasteiger partial charge in [-0.3, -0.25) is 0 Å². The first-order chi connectivity index (χ1) is 7.13. The van der Waals surface area contributed by atoms with Crippen LogP contribution in [0.2, 0.25) is 0 Å². The lowest BCUT2D eigenvalue weighted by Gasteiger charge is -2.11. The van der Waals surface area contributed by atoms with E-state index in [1.54, 1.807) is 0 Å². The van der Waals surface area contributed by atoms with Crippen molar-refractivity contribution in [3.63, 3.8) is 0 Å². The van der Waals surface area contributed by atoms with Gasteiger partial charge < -0.3 is 9.84 Å². The third-order valence-corrected chi connectivity index (χ3v) is 2.19. The van der Waals surface area contributed by atoms with E-state index >= 15 is 0 Å². The fraction of sp³-hybridized carbons (Fsp3) is 0.385. The molecule has 0 amide bonds. The molecule has 0 bridgehead atoms. The number of hydrogen-bond donors (Lipinski definition) is 1. The van der Waals surface area contributed by atoms with Crippen LogP contribution in [0.25, 0.3) is 0 Å². The van der Waals surface area contributed by atoms with Crippen LogP contribution >= 0.6 is 0 Å². The average Bonchev–Trinajstić information content (AvgIpc) is 2.25. The molecule has 0 fully saturated rings. The summed E-state index contributed by atoms with van der Waals surface area (Å²) in [4.78, 5) is 0. The van der Waals surface area contributed by atoms with Crippen molar-refractivity contribution in [2.24, 2.45) is 0 Å². The van der Waals surface area contributed by atoms with E-state index in [9.17, 15) is 0 Å². The zero-order valence-electron chi connectivity index (χ0n) is 9.36. The summed E-state index contributed by atoms with van der Waals surface area (Å²) in [7, 11) is 0. The second kappa shape index (κ2) is 5.56. The summed E-state index contributed by atoms with van der Waals surface area (Å²) in [6.07, 6.45) is 0. The van der Waals surface area contributed by atoms with Crippen molar-refractivity contribution >= 4 is 0 Å². The number of hydrogen-bond acceptors (Lipinski definition) is 2. The highest BCUT2D eigenvalue weighted by Gasteiger charge is 2.04. The lowest BCUT2D eigenvalue weighted by molar-refractivity contribution is 0.272. The summed E-state index contributed by atoms with van der Waals surface area (Å²) in [6, 6.07) is 7.81. The Hall–Kier alpha value is -1.28. The van der Waals surface area contributed by atoms with Crippen molar-refractivity contribution in [2.75, 3.05) is 13.2 Å². The second-order valence-corrected chi connectivity index (χ2v) is 3.90. The molecular formula is C13H18O2. The van der Waals surface area contributed by atoms with E-state index in [1.165, 1.54) is 0 Å². The van der Waals surface area contributed by atoms with Gasteiger partial charge in [-0.1, -0.05) is 25.6 Å². The van der Waals surface area contributed by atoms with Crippen LogP contribution in [0.3, 0.4) is 0 Å². The first-order valence-electron chi connectivity index (χ1n) is 5.11. The second-order valence-electron chi connectivity index (χ2n) is 3.90. The molecule has 2 nitrogen and oxygen atoms in total. The summed E-state index contributed by atoms with van der Waals surface area (Å²) < 4.78 is 5.52. The van der Waals surface area contributed by atoms with Crippen molar-refractivity contribution < 1.29 is 9.84 Å². The molecule has 1 N–H and O–H groups in total. The number of rotatable bonds is 5. The van der Waals surface area contributed by atoms with Gasteiger partial charge in [-0.2, -0.15) is 0 Å². The summed E-state index contributed by atoms with van der Waals surface area (Å²) >= 11 is 0. The highest BCUT2D eigenvalue weighted by Crippen LogP contribution is 2.20. The SMILES string of the molecule is C=C(C)COc1cccc(C(C)CO)c1. The lowest BCUT2D eigenvalue weighted by Crippen LogP contribution is -2.01. The van der Waals surface area contributed by atoms with Gasteiger partial charge in [0.25, 0.3) is 0 Å². The van der Waals surface area contributed by atoms with Crippen LogP contribution < -0.4 is 4.74 Å². The molecule has 0 radical (unpaired) electrons. The summed E-state index contributed by atoms with van der Waals surface area (Å²) in [6.45, 7) is 8.39. The summed E-state index contributed by atoms with van der Waals surface area (Å²) in [5, 5.41) is 9.04. The maximum absolute atomic E-state index is 9.04. The maximum Gasteiger partial charge on any atom is 0.120 e. The van der Waals surface area contributed by atoms with Gasteiger partial charge in [0.2, 0.25) is 0 Å². The van der Waals surface area contributed by atoms with Crippen LogP contribution in [0.4, 0.5) is 0 Å². The van der Waals surface area contributed by atoms with E-state index in [-0.39, 0.29) is 12.5 Å². The van der Waals surface area contributed by atoms with Crippen molar-refractivity contribution in [2.45, 2.75) is 19.8 Å². The van der Waals surface area contributed by atoms with E-state index in [4.69, 9.17) is 9.84 Å². The number of aliphatic hydroxyl groups excluding tert-OH is 1. The molecule has 1 aromatic rings. The van der Waals surface area contributed by atoms with Gasteiger partial charge in [-0.05, 0) is 30.2 Å². The van der Waals surface area contributed by atoms with Gasteiger partial charge in [-0.25, -0.2) is 0 Å². The monoisotopic (exact) mass is 206 g/mol. The third kappa shape index (κ3) is 3.76. The van der Waals surface area contributed by atoms with Crippen molar-refractivity contribution in [1.29, 1.82) is 0 Å². The molecule has 1 unspecified atom stereocenters. The average molecular weight is 206 g/mol. The Kier molecular flexibility index (Phi) is 4.37. The zero-order chi connectivity index (χ0) is 11.3. The molecule has 0 aromatic heterocycles. The van der Waals surface area contributed by atoms with Crippen LogP contribution in [0.5, 0.6) is 5.75 Å². The largest absolute Gasteiger partial charge is 0.489 e. The number of benzene rings is 1. The molecule has 0 saturated carbocycles. The van der Waals surface area contributed by atoms with Crippen LogP contribution in [-0.2, 0) is 0 Å². The zero-order valence-corrected chi connectivity index (χ0v) is 9.36. The van der Waals surface area contributed by atoms with Crippen LogP contribution in [0, 0.1) is 0 Å². The topological polar surface area (TPSA) is 29.5 Å². The van der Waals surface area contributed by atoms with E-state index in [0.717, 1.165) is 16.9 Å². The number of ether oxygens (including phenoxy) is 1. The molecule has 0 heterocycles. The van der Waals surface area contributed by atoms with Gasteiger partial charge in [0.15, 0.2) is 0 Å². The highest BCUT2D eigenvalue weighted by molar-refractivity contribution is 5.30. The molecule has 82 valence electrons. The van der Waals surface area contributed by atoms with Crippen molar-refractivity contribution in [1.82, 2.24) is 0 Å². The standard InChI is InChI=1S/C13H18O2/c1-10(2)9-15-13-6-4-5-12(7-13)11(3)8-14/h4-7,11,14H,1,8-9H2,2-3H3. The fourth-order valence-electron chi connectivity index (χ4n) is 1.22. The number of aliphatic hydroxyl groups is 1. The van der Waals surface area contributed by atoms with E-state index < -0.39 is 0 Å². The van der Waals surface area contributed by atoms with E-state index in [2.05, 4.69) is 6.58 Å². The molecule has 0 aliphatic carbocycles. The van der Waals surface area contributed by atoms with Crippen LogP contribution in [0.1, 0.15) is 25.3 Å². The minimum atomic E-state index is 0.151. The first kappa shape index (κ1) is 11.8. The normalized spacial score (nSPS) is 12.2. The minimum Gasteiger partial charge on any atom is -0.489 e. The Morgan fingerprint density at radius 2 is 2.27 bits per heavy atom. The molecule has 0 saturated heterocycles. The predicted molar refractivity (Wildman–Crippen MR) is 62.3 cm³/mol. The minimum absolute atomic E-state index is 0.151. The van der Waals surface area contributed by atoms with Crippen molar-refractivity contribution in [3.05, 3.63) is 42.0 Å². The summed E-state index contributed by atoms with van der Waals surface area (Å²) in [5.74, 6) is 0.981. The molecular weight excluding hydrogens is 188 g/mol. The Morgan fingerprint density at radius 1 is 1.53 bits per heavy atom. The van der Waals surface area contributed by atoms with Crippen LogP contribution in [0.15, 0.2) is 36.4 Å². The summed E-state index contributed by atoms with van der Waals surface area (Å²) in [5.41, 5.74) is 2.09. The van der Waals surface area contributed by atoms with Crippen LogP contribution in [-0.4, -0.2) is 18.3 Å². The first-order valence-corrected chi connectivity index (χ1v) is 5.11. The van der Waals surface area contributed by atoms with Gasteiger partial charge in [0.05, 0.1) is 0 Å².